The van der Waals surface area contributed by atoms with Gasteiger partial charge in [-0.2, -0.15) is 5.10 Å². The van der Waals surface area contributed by atoms with Crippen LogP contribution in [-0.4, -0.2) is 15.7 Å². The summed E-state index contributed by atoms with van der Waals surface area (Å²) in [7, 11) is 0. The molecule has 1 heterocycles. The minimum atomic E-state index is -0.610. The lowest BCUT2D eigenvalue weighted by atomic mass is 10.1. The number of carbonyl (C=O) groups excluding carboxylic acids is 1. The average Bonchev–Trinajstić information content (AvgIpc) is 3.36. The van der Waals surface area contributed by atoms with Crippen molar-refractivity contribution in [2.75, 3.05) is 0 Å². The van der Waals surface area contributed by atoms with Crippen molar-refractivity contribution in [3.8, 4) is 0 Å². The van der Waals surface area contributed by atoms with Crippen LogP contribution in [0.4, 0.5) is 4.39 Å². The number of carbonyl (C=O) groups is 1. The fraction of sp³-hybridized carbons (Fsp3) is 0.222. The largest absolute Gasteiger partial charge is 0.333 e. The third-order valence-corrected chi connectivity index (χ3v) is 4.59. The number of hydrogen-bond acceptors (Lipinski definition) is 2. The first-order valence-electron chi connectivity index (χ1n) is 7.80. The van der Waals surface area contributed by atoms with Crippen molar-refractivity contribution in [3.63, 3.8) is 0 Å². The number of benzene rings is 2. The van der Waals surface area contributed by atoms with Crippen molar-refractivity contribution in [2.45, 2.75) is 25.4 Å². The molecule has 0 atom stereocenters. The maximum absolute atomic E-state index is 13.4. The predicted molar refractivity (Wildman–Crippen MR) is 90.6 cm³/mol. The summed E-state index contributed by atoms with van der Waals surface area (Å²) in [6, 6.07) is 10.3. The third-order valence-electron chi connectivity index (χ3n) is 4.29. The molecule has 1 aliphatic carbocycles. The van der Waals surface area contributed by atoms with Crippen LogP contribution >= 0.6 is 11.6 Å². The van der Waals surface area contributed by atoms with Gasteiger partial charge in [0, 0.05) is 10.9 Å². The summed E-state index contributed by atoms with van der Waals surface area (Å²) < 4.78 is 15.2. The number of nitrogens with one attached hydrogen (secondary N) is 1. The van der Waals surface area contributed by atoms with Crippen LogP contribution < -0.4 is 5.32 Å². The van der Waals surface area contributed by atoms with Crippen LogP contribution in [0.3, 0.4) is 0 Å². The number of nitrogens with zero attached hydrogens (tertiary/aromatic N) is 2. The molecule has 24 heavy (non-hydrogen) atoms. The van der Waals surface area contributed by atoms with Crippen molar-refractivity contribution in [3.05, 3.63) is 64.6 Å². The Balaban J connectivity index is 1.49. The number of hydrogen-bond donors (Lipinski definition) is 1. The van der Waals surface area contributed by atoms with Gasteiger partial charge in [-0.3, -0.25) is 4.79 Å². The van der Waals surface area contributed by atoms with Gasteiger partial charge < -0.3 is 5.32 Å². The summed E-state index contributed by atoms with van der Waals surface area (Å²) in [6.07, 6.45) is 4.32. The molecule has 0 radical (unpaired) electrons. The monoisotopic (exact) mass is 343 g/mol. The Kier molecular flexibility index (Phi) is 3.73. The summed E-state index contributed by atoms with van der Waals surface area (Å²) in [5.74, 6) is -0.289. The van der Waals surface area contributed by atoms with Crippen molar-refractivity contribution >= 4 is 28.4 Å². The third kappa shape index (κ3) is 2.87. The molecule has 1 saturated carbocycles. The maximum atomic E-state index is 13.4. The van der Waals surface area contributed by atoms with Crippen LogP contribution in [0.2, 0.25) is 5.02 Å². The molecular formula is C18H15ClFN3O. The molecule has 4 nitrogen and oxygen atoms in total. The van der Waals surface area contributed by atoms with E-state index in [1.54, 1.807) is 10.9 Å². The highest BCUT2D eigenvalue weighted by Crippen LogP contribution is 2.40. The molecular weight excluding hydrogens is 329 g/mol. The molecule has 122 valence electrons. The summed E-state index contributed by atoms with van der Waals surface area (Å²) >= 11 is 5.63. The molecule has 0 spiro atoms. The first-order chi connectivity index (χ1) is 11.6. The van der Waals surface area contributed by atoms with Gasteiger partial charge in [-0.05, 0) is 54.7 Å². The van der Waals surface area contributed by atoms with Crippen molar-refractivity contribution in [2.24, 2.45) is 0 Å². The van der Waals surface area contributed by atoms with E-state index in [-0.39, 0.29) is 23.2 Å². The molecule has 1 fully saturated rings. The van der Waals surface area contributed by atoms with E-state index in [1.807, 2.05) is 6.07 Å². The predicted octanol–water partition coefficient (Wildman–Crippen LogP) is 4.09. The zero-order valence-electron chi connectivity index (χ0n) is 12.8. The minimum absolute atomic E-state index is 0.00362. The second-order valence-electron chi connectivity index (χ2n) is 6.03. The zero-order valence-corrected chi connectivity index (χ0v) is 13.6. The zero-order chi connectivity index (χ0) is 16.7. The smallest absolute Gasteiger partial charge is 0.252 e. The second kappa shape index (κ2) is 5.91. The molecule has 0 bridgehead atoms. The van der Waals surface area contributed by atoms with Gasteiger partial charge in [-0.25, -0.2) is 9.07 Å². The Labute approximate surface area is 143 Å². The van der Waals surface area contributed by atoms with Gasteiger partial charge >= 0.3 is 0 Å². The summed E-state index contributed by atoms with van der Waals surface area (Å²) in [5, 5.41) is 8.12. The number of aromatic nitrogens is 2. The lowest BCUT2D eigenvalue weighted by Gasteiger charge is -2.07. The Morgan fingerprint density at radius 2 is 2.12 bits per heavy atom. The van der Waals surface area contributed by atoms with E-state index in [2.05, 4.69) is 22.5 Å². The molecule has 1 amide bonds. The van der Waals surface area contributed by atoms with Crippen molar-refractivity contribution in [1.82, 2.24) is 15.1 Å². The quantitative estimate of drug-likeness (QED) is 0.775. The highest BCUT2D eigenvalue weighted by molar-refractivity contribution is 6.30. The number of amides is 1. The van der Waals surface area contributed by atoms with Crippen LogP contribution in [0.1, 0.15) is 34.7 Å². The minimum Gasteiger partial charge on any atom is -0.333 e. The average molecular weight is 344 g/mol. The van der Waals surface area contributed by atoms with Crippen LogP contribution in [0.25, 0.3) is 10.9 Å². The first-order valence-corrected chi connectivity index (χ1v) is 8.18. The molecule has 1 aromatic heterocycles. The van der Waals surface area contributed by atoms with Gasteiger partial charge in [-0.15, -0.1) is 0 Å². The van der Waals surface area contributed by atoms with E-state index in [9.17, 15) is 9.18 Å². The summed E-state index contributed by atoms with van der Waals surface area (Å²) in [6.45, 7) is 0.218. The van der Waals surface area contributed by atoms with Gasteiger partial charge in [-0.1, -0.05) is 17.7 Å². The maximum Gasteiger partial charge on any atom is 0.252 e. The van der Waals surface area contributed by atoms with E-state index in [0.717, 1.165) is 17.0 Å². The van der Waals surface area contributed by atoms with Gasteiger partial charge in [0.1, 0.15) is 12.5 Å². The van der Waals surface area contributed by atoms with Gasteiger partial charge in [0.05, 0.1) is 16.7 Å². The lowest BCUT2D eigenvalue weighted by molar-refractivity contribution is 0.0940. The highest BCUT2D eigenvalue weighted by Gasteiger charge is 2.23. The SMILES string of the molecule is O=C(NCn1ncc2cc(C3CC3)ccc21)c1ccc(Cl)c(F)c1. The van der Waals surface area contributed by atoms with Gasteiger partial charge in [0.2, 0.25) is 0 Å². The highest BCUT2D eigenvalue weighted by atomic mass is 35.5. The van der Waals surface area contributed by atoms with E-state index >= 15 is 0 Å². The Hall–Kier alpha value is -2.40. The van der Waals surface area contributed by atoms with Crippen molar-refractivity contribution < 1.29 is 9.18 Å². The summed E-state index contributed by atoms with van der Waals surface area (Å²) in [5.41, 5.74) is 2.54. The van der Waals surface area contributed by atoms with E-state index in [4.69, 9.17) is 11.6 Å². The molecule has 1 aliphatic rings. The fourth-order valence-corrected chi connectivity index (χ4v) is 2.91. The van der Waals surface area contributed by atoms with Crippen LogP contribution in [0.5, 0.6) is 0 Å². The number of halogens is 2. The van der Waals surface area contributed by atoms with Crippen LogP contribution in [0.15, 0.2) is 42.6 Å². The molecule has 0 saturated heterocycles. The molecule has 1 N–H and O–H groups in total. The number of rotatable bonds is 4. The second-order valence-corrected chi connectivity index (χ2v) is 6.44. The topological polar surface area (TPSA) is 46.9 Å². The first kappa shape index (κ1) is 15.1. The molecule has 3 aromatic rings. The van der Waals surface area contributed by atoms with Crippen LogP contribution in [-0.2, 0) is 6.67 Å². The summed E-state index contributed by atoms with van der Waals surface area (Å²) in [4.78, 5) is 12.1. The van der Waals surface area contributed by atoms with Gasteiger partial charge in [0.25, 0.3) is 5.91 Å². The molecule has 6 heteroatoms. The molecule has 0 unspecified atom stereocenters. The lowest BCUT2D eigenvalue weighted by Crippen LogP contribution is -2.26. The molecule has 4 rings (SSSR count). The Morgan fingerprint density at radius 3 is 2.88 bits per heavy atom. The van der Waals surface area contributed by atoms with E-state index in [0.29, 0.717) is 5.92 Å². The normalized spacial score (nSPS) is 14.1. The standard InChI is InChI=1S/C18H15ClFN3O/c19-15-5-3-13(8-16(15)20)18(24)21-10-23-17-6-4-12(11-1-2-11)7-14(17)9-22-23/h3-9,11H,1-2,10H2,(H,21,24). The molecule has 0 aliphatic heterocycles. The Morgan fingerprint density at radius 1 is 1.29 bits per heavy atom. The van der Waals surface area contributed by atoms with Crippen LogP contribution in [0, 0.1) is 5.82 Å². The Bertz CT molecular complexity index is 933. The van der Waals surface area contributed by atoms with E-state index in [1.165, 1.54) is 30.5 Å². The van der Waals surface area contributed by atoms with Crippen molar-refractivity contribution in [1.29, 1.82) is 0 Å². The van der Waals surface area contributed by atoms with Gasteiger partial charge in [0.15, 0.2) is 0 Å². The molecule has 2 aromatic carbocycles. The number of fused-ring (bicyclic) bond motifs is 1. The fourth-order valence-electron chi connectivity index (χ4n) is 2.79. The van der Waals surface area contributed by atoms with E-state index < -0.39 is 5.82 Å².